The third-order valence-corrected chi connectivity index (χ3v) is 3.80. The molecule has 2 rings (SSSR count). The van der Waals surface area contributed by atoms with Gasteiger partial charge in [-0.3, -0.25) is 9.59 Å². The van der Waals surface area contributed by atoms with Gasteiger partial charge in [0.05, 0.1) is 18.9 Å². The number of methoxy groups -OCH3 is 1. The number of amides is 1. The summed E-state index contributed by atoms with van der Waals surface area (Å²) < 4.78 is 31.7. The number of likely N-dealkylation sites (tertiary alicyclic amines) is 1. The van der Waals surface area contributed by atoms with E-state index in [2.05, 4.69) is 0 Å². The van der Waals surface area contributed by atoms with E-state index in [1.54, 1.807) is 0 Å². The van der Waals surface area contributed by atoms with E-state index in [0.29, 0.717) is 6.42 Å². The molecule has 0 radical (unpaired) electrons. The zero-order valence-electron chi connectivity index (χ0n) is 12.1. The summed E-state index contributed by atoms with van der Waals surface area (Å²) in [6.45, 7) is 0.274. The van der Waals surface area contributed by atoms with Gasteiger partial charge in [-0.1, -0.05) is 6.07 Å². The molecule has 1 heterocycles. The number of hydrogen-bond acceptors (Lipinski definition) is 3. The van der Waals surface area contributed by atoms with E-state index in [9.17, 15) is 18.4 Å². The van der Waals surface area contributed by atoms with Gasteiger partial charge in [0, 0.05) is 25.8 Å². The lowest BCUT2D eigenvalue weighted by Gasteiger charge is -2.23. The van der Waals surface area contributed by atoms with Crippen LogP contribution in [0.4, 0.5) is 8.78 Å². The zero-order valence-corrected chi connectivity index (χ0v) is 12.1. The molecule has 1 aliphatic heterocycles. The van der Waals surface area contributed by atoms with E-state index in [1.807, 2.05) is 0 Å². The van der Waals surface area contributed by atoms with Crippen LogP contribution >= 0.6 is 0 Å². The molecule has 0 saturated carbocycles. The van der Waals surface area contributed by atoms with Gasteiger partial charge in [-0.2, -0.15) is 0 Å². The fourth-order valence-corrected chi connectivity index (χ4v) is 2.67. The van der Waals surface area contributed by atoms with Gasteiger partial charge in [-0.05, 0) is 18.1 Å². The van der Waals surface area contributed by atoms with Crippen molar-refractivity contribution in [3.05, 3.63) is 35.4 Å². The highest BCUT2D eigenvalue weighted by Gasteiger charge is 2.36. The summed E-state index contributed by atoms with van der Waals surface area (Å²) in [5.41, 5.74) is 0.0846. The molecule has 1 aromatic carbocycles. The predicted octanol–water partition coefficient (Wildman–Crippen LogP) is 1.60. The average molecular weight is 313 g/mol. The van der Waals surface area contributed by atoms with E-state index < -0.39 is 29.6 Å². The highest BCUT2D eigenvalue weighted by Crippen LogP contribution is 2.24. The lowest BCUT2D eigenvalue weighted by atomic mass is 10.1. The van der Waals surface area contributed by atoms with Crippen molar-refractivity contribution in [3.63, 3.8) is 0 Å². The van der Waals surface area contributed by atoms with Crippen LogP contribution < -0.4 is 0 Å². The molecule has 1 N–H and O–H groups in total. The summed E-state index contributed by atoms with van der Waals surface area (Å²) in [6, 6.07) is 2.55. The number of nitrogens with zero attached hydrogens (tertiary/aromatic N) is 1. The van der Waals surface area contributed by atoms with E-state index in [-0.39, 0.29) is 31.1 Å². The minimum atomic E-state index is -1.01. The number of carbonyl (C=O) groups is 2. The van der Waals surface area contributed by atoms with Gasteiger partial charge in [0.25, 0.3) is 0 Å². The molecule has 0 aromatic heterocycles. The van der Waals surface area contributed by atoms with Gasteiger partial charge in [-0.15, -0.1) is 0 Å². The van der Waals surface area contributed by atoms with Crippen molar-refractivity contribution in [1.82, 2.24) is 4.90 Å². The Kier molecular flexibility index (Phi) is 5.07. The van der Waals surface area contributed by atoms with E-state index in [4.69, 9.17) is 9.84 Å². The normalized spacial score (nSPS) is 21.1. The number of carboxylic acids is 1. The molecule has 2 atom stereocenters. The summed E-state index contributed by atoms with van der Waals surface area (Å²) in [5.74, 6) is -2.90. The summed E-state index contributed by atoms with van der Waals surface area (Å²) in [5, 5.41) is 8.92. The van der Waals surface area contributed by atoms with Crippen molar-refractivity contribution in [3.8, 4) is 0 Å². The largest absolute Gasteiger partial charge is 0.481 e. The lowest BCUT2D eigenvalue weighted by Crippen LogP contribution is -2.38. The van der Waals surface area contributed by atoms with Crippen LogP contribution in [0.5, 0.6) is 0 Å². The second kappa shape index (κ2) is 6.83. The topological polar surface area (TPSA) is 66.8 Å². The number of carbonyl (C=O) groups excluding carboxylic acids is 1. The predicted molar refractivity (Wildman–Crippen MR) is 73.2 cm³/mol. The van der Waals surface area contributed by atoms with Crippen molar-refractivity contribution in [2.75, 3.05) is 13.7 Å². The average Bonchev–Trinajstić information content (AvgIpc) is 2.84. The van der Waals surface area contributed by atoms with Gasteiger partial charge < -0.3 is 14.7 Å². The molecule has 22 heavy (non-hydrogen) atoms. The van der Waals surface area contributed by atoms with Crippen LogP contribution in [0.25, 0.3) is 0 Å². The van der Waals surface area contributed by atoms with E-state index in [1.165, 1.54) is 18.1 Å². The lowest BCUT2D eigenvalue weighted by molar-refractivity contribution is -0.139. The number of rotatable bonds is 5. The van der Waals surface area contributed by atoms with Crippen LogP contribution in [0.2, 0.25) is 0 Å². The molecule has 120 valence electrons. The van der Waals surface area contributed by atoms with Crippen LogP contribution in [0, 0.1) is 11.6 Å². The first-order valence-corrected chi connectivity index (χ1v) is 6.88. The van der Waals surface area contributed by atoms with Crippen LogP contribution in [0.1, 0.15) is 18.4 Å². The maximum absolute atomic E-state index is 13.6. The third-order valence-electron chi connectivity index (χ3n) is 3.80. The summed E-state index contributed by atoms with van der Waals surface area (Å²) in [6.07, 6.45) is -0.220. The fourth-order valence-electron chi connectivity index (χ4n) is 2.67. The Bertz CT molecular complexity index is 579. The van der Waals surface area contributed by atoms with Crippen molar-refractivity contribution in [1.29, 1.82) is 0 Å². The number of carboxylic acid groups (broad SMARTS) is 1. The number of halogens is 2. The number of hydrogen-bond donors (Lipinski definition) is 1. The second-order valence-corrected chi connectivity index (χ2v) is 5.30. The smallest absolute Gasteiger partial charge is 0.305 e. The summed E-state index contributed by atoms with van der Waals surface area (Å²) in [7, 11) is 1.50. The molecule has 1 saturated heterocycles. The first-order valence-electron chi connectivity index (χ1n) is 6.88. The Morgan fingerprint density at radius 1 is 1.41 bits per heavy atom. The number of aliphatic carboxylic acids is 1. The van der Waals surface area contributed by atoms with Crippen molar-refractivity contribution in [2.24, 2.45) is 0 Å². The van der Waals surface area contributed by atoms with Crippen molar-refractivity contribution < 1.29 is 28.2 Å². The molecule has 0 bridgehead atoms. The minimum Gasteiger partial charge on any atom is -0.481 e. The molecule has 1 fully saturated rings. The van der Waals surface area contributed by atoms with E-state index >= 15 is 0 Å². The van der Waals surface area contributed by atoms with Crippen LogP contribution in [-0.4, -0.2) is 47.7 Å². The molecule has 1 aliphatic rings. The highest BCUT2D eigenvalue weighted by molar-refractivity contribution is 5.80. The van der Waals surface area contributed by atoms with E-state index in [0.717, 1.165) is 12.1 Å². The Labute approximate surface area is 126 Å². The minimum absolute atomic E-state index is 0.0846. The molecule has 1 aromatic rings. The van der Waals surface area contributed by atoms with Gasteiger partial charge in [0.15, 0.2) is 0 Å². The molecule has 0 aliphatic carbocycles. The van der Waals surface area contributed by atoms with Gasteiger partial charge in [-0.25, -0.2) is 8.78 Å². The molecule has 7 heteroatoms. The van der Waals surface area contributed by atoms with Crippen molar-refractivity contribution >= 4 is 11.9 Å². The van der Waals surface area contributed by atoms with Gasteiger partial charge >= 0.3 is 5.97 Å². The number of ether oxygens (including phenoxy) is 1. The quantitative estimate of drug-likeness (QED) is 0.896. The first kappa shape index (κ1) is 16.4. The van der Waals surface area contributed by atoms with Crippen LogP contribution in [0.3, 0.4) is 0 Å². The SMILES string of the molecule is COC1CC(CC(=O)O)N(C(=O)Cc2ccc(F)cc2F)C1. The third kappa shape index (κ3) is 3.79. The van der Waals surface area contributed by atoms with Crippen LogP contribution in [-0.2, 0) is 20.7 Å². The summed E-state index contributed by atoms with van der Waals surface area (Å²) in [4.78, 5) is 24.6. The zero-order chi connectivity index (χ0) is 16.3. The summed E-state index contributed by atoms with van der Waals surface area (Å²) >= 11 is 0. The Morgan fingerprint density at radius 2 is 2.14 bits per heavy atom. The monoisotopic (exact) mass is 313 g/mol. The Hall–Kier alpha value is -2.02. The maximum atomic E-state index is 13.6. The van der Waals surface area contributed by atoms with Crippen molar-refractivity contribution in [2.45, 2.75) is 31.4 Å². The Balaban J connectivity index is 2.10. The molecule has 0 spiro atoms. The molecule has 5 nitrogen and oxygen atoms in total. The number of benzene rings is 1. The molecule has 2 unspecified atom stereocenters. The molecule has 1 amide bonds. The Morgan fingerprint density at radius 3 is 2.73 bits per heavy atom. The second-order valence-electron chi connectivity index (χ2n) is 5.30. The highest BCUT2D eigenvalue weighted by atomic mass is 19.1. The van der Waals surface area contributed by atoms with Gasteiger partial charge in [0.2, 0.25) is 5.91 Å². The standard InChI is InChI=1S/C15H17F2NO4/c1-22-12-6-11(7-15(20)21)18(8-12)14(19)4-9-2-3-10(16)5-13(9)17/h2-3,5,11-12H,4,6-8H2,1H3,(H,20,21). The van der Waals surface area contributed by atoms with Crippen LogP contribution in [0.15, 0.2) is 18.2 Å². The fraction of sp³-hybridized carbons (Fsp3) is 0.467. The first-order chi connectivity index (χ1) is 10.4. The molecular weight excluding hydrogens is 296 g/mol. The molecular formula is C15H17F2NO4. The van der Waals surface area contributed by atoms with Gasteiger partial charge in [0.1, 0.15) is 11.6 Å². The maximum Gasteiger partial charge on any atom is 0.305 e.